The van der Waals surface area contributed by atoms with Crippen LogP contribution in [-0.4, -0.2) is 16.8 Å². The third-order valence-electron chi connectivity index (χ3n) is 0.557. The highest BCUT2D eigenvalue weighted by molar-refractivity contribution is 8.76. The molecule has 44 valence electrons. The summed E-state index contributed by atoms with van der Waals surface area (Å²) >= 11 is 0. The Hall–Kier alpha value is 0.660. The zero-order chi connectivity index (χ0) is 5.70. The molecule has 0 heterocycles. The molecule has 0 saturated carbocycles. The van der Waals surface area contributed by atoms with Gasteiger partial charge in [-0.15, -0.1) is 0 Å². The second-order valence-corrected chi connectivity index (χ2v) is 3.77. The van der Waals surface area contributed by atoms with E-state index in [1.165, 1.54) is 10.8 Å². The van der Waals surface area contributed by atoms with Gasteiger partial charge in [0.15, 0.2) is 0 Å². The number of aliphatic hydroxyl groups excluding tert-OH is 1. The van der Waals surface area contributed by atoms with Gasteiger partial charge in [-0.2, -0.15) is 0 Å². The molecule has 0 rings (SSSR count). The molecule has 0 aliphatic rings. The molecule has 0 aliphatic carbocycles. The van der Waals surface area contributed by atoms with Crippen molar-refractivity contribution in [1.29, 1.82) is 0 Å². The fraction of sp³-hybridized carbons (Fsp3) is 1.00. The lowest BCUT2D eigenvalue weighted by molar-refractivity contribution is 0.261. The lowest BCUT2D eigenvalue weighted by Gasteiger charge is -2.00. The van der Waals surface area contributed by atoms with Gasteiger partial charge in [0, 0.05) is 0 Å². The van der Waals surface area contributed by atoms with E-state index in [1.807, 2.05) is 13.2 Å². The highest BCUT2D eigenvalue weighted by atomic mass is 33.1. The van der Waals surface area contributed by atoms with Gasteiger partial charge in [0.25, 0.3) is 0 Å². The minimum atomic E-state index is -0.171. The molecule has 0 fully saturated rings. The van der Waals surface area contributed by atoms with E-state index in [0.29, 0.717) is 0 Å². The normalized spacial score (nSPS) is 14.1. The first-order valence-corrected chi connectivity index (χ1v) is 4.81. The zero-order valence-electron chi connectivity index (χ0n) is 4.55. The lowest BCUT2D eigenvalue weighted by Crippen LogP contribution is -1.93. The molecule has 0 spiro atoms. The summed E-state index contributed by atoms with van der Waals surface area (Å²) in [5.74, 6) is 0. The predicted octanol–water partition coefficient (Wildman–Crippen LogP) is 1.73. The quantitative estimate of drug-likeness (QED) is 0.474. The third-order valence-corrected chi connectivity index (χ3v) is 2.55. The van der Waals surface area contributed by atoms with Crippen LogP contribution in [0.4, 0.5) is 0 Å². The van der Waals surface area contributed by atoms with E-state index in [1.54, 1.807) is 10.8 Å². The summed E-state index contributed by atoms with van der Waals surface area (Å²) in [7, 11) is 3.10. The molecule has 7 heavy (non-hydrogen) atoms. The van der Waals surface area contributed by atoms with Crippen molar-refractivity contribution in [3.05, 3.63) is 0 Å². The van der Waals surface area contributed by atoms with Crippen LogP contribution >= 0.6 is 21.6 Å². The molecule has 0 bridgehead atoms. The van der Waals surface area contributed by atoms with E-state index >= 15 is 0 Å². The van der Waals surface area contributed by atoms with Crippen LogP contribution in [-0.2, 0) is 0 Å². The molecule has 0 radical (unpaired) electrons. The zero-order valence-corrected chi connectivity index (χ0v) is 6.18. The van der Waals surface area contributed by atoms with Gasteiger partial charge in [-0.1, -0.05) is 28.5 Å². The van der Waals surface area contributed by atoms with Crippen molar-refractivity contribution in [1.82, 2.24) is 0 Å². The maximum absolute atomic E-state index is 8.80. The van der Waals surface area contributed by atoms with Crippen molar-refractivity contribution in [2.45, 2.75) is 18.8 Å². The minimum Gasteiger partial charge on any atom is -0.382 e. The first-order valence-electron chi connectivity index (χ1n) is 2.18. The molecule has 0 aromatic rings. The molecule has 0 saturated heterocycles. The fourth-order valence-corrected chi connectivity index (χ4v) is 1.61. The van der Waals surface area contributed by atoms with E-state index < -0.39 is 0 Å². The van der Waals surface area contributed by atoms with Gasteiger partial charge < -0.3 is 5.11 Å². The molecule has 0 aromatic heterocycles. The van der Waals surface area contributed by atoms with Gasteiger partial charge in [-0.3, -0.25) is 0 Å². The standard InChI is InChI=1S/C4H10OS2/c1-3-4(5)7-6-2/h4-5H,3H2,1-2H3. The monoisotopic (exact) mass is 138 g/mol. The predicted molar refractivity (Wildman–Crippen MR) is 37.4 cm³/mol. The molecule has 0 aromatic carbocycles. The average Bonchev–Trinajstić information content (AvgIpc) is 1.68. The lowest BCUT2D eigenvalue weighted by atomic mass is 10.5. The van der Waals surface area contributed by atoms with E-state index in [4.69, 9.17) is 5.11 Å². The summed E-state index contributed by atoms with van der Waals surface area (Å²) in [6, 6.07) is 0. The molecule has 3 heteroatoms. The maximum Gasteiger partial charge on any atom is 0.109 e. The summed E-state index contributed by atoms with van der Waals surface area (Å²) in [5, 5.41) is 8.80. The van der Waals surface area contributed by atoms with Gasteiger partial charge in [0.2, 0.25) is 0 Å². The van der Waals surface area contributed by atoms with Crippen LogP contribution < -0.4 is 0 Å². The highest BCUT2D eigenvalue weighted by Crippen LogP contribution is 2.22. The summed E-state index contributed by atoms with van der Waals surface area (Å²) in [4.78, 5) is 0. The number of hydrogen-bond donors (Lipinski definition) is 1. The second-order valence-electron chi connectivity index (χ2n) is 1.13. The molecular weight excluding hydrogens is 128 g/mol. The fourth-order valence-electron chi connectivity index (χ4n) is 0.179. The Morgan fingerprint density at radius 1 is 1.71 bits per heavy atom. The number of rotatable bonds is 3. The Balaban J connectivity index is 2.83. The van der Waals surface area contributed by atoms with Crippen molar-refractivity contribution in [2.75, 3.05) is 6.26 Å². The van der Waals surface area contributed by atoms with Gasteiger partial charge in [0.1, 0.15) is 5.44 Å². The van der Waals surface area contributed by atoms with Crippen LogP contribution in [0.15, 0.2) is 0 Å². The maximum atomic E-state index is 8.80. The average molecular weight is 138 g/mol. The Morgan fingerprint density at radius 2 is 2.29 bits per heavy atom. The Labute approximate surface area is 52.3 Å². The summed E-state index contributed by atoms with van der Waals surface area (Å²) in [6.07, 6.45) is 2.80. The Bertz CT molecular complexity index is 40.7. The van der Waals surface area contributed by atoms with E-state index in [9.17, 15) is 0 Å². The van der Waals surface area contributed by atoms with Crippen LogP contribution in [0.2, 0.25) is 0 Å². The van der Waals surface area contributed by atoms with Gasteiger partial charge in [0.05, 0.1) is 0 Å². The molecule has 0 amide bonds. The summed E-state index contributed by atoms with van der Waals surface area (Å²) < 4.78 is 0. The first-order chi connectivity index (χ1) is 3.31. The SMILES string of the molecule is CCC(O)SSC. The molecule has 1 nitrogen and oxygen atoms in total. The molecule has 1 unspecified atom stereocenters. The van der Waals surface area contributed by atoms with Crippen LogP contribution in [0.25, 0.3) is 0 Å². The van der Waals surface area contributed by atoms with Crippen LogP contribution in [0.1, 0.15) is 13.3 Å². The van der Waals surface area contributed by atoms with Gasteiger partial charge >= 0.3 is 0 Å². The van der Waals surface area contributed by atoms with Crippen molar-refractivity contribution in [3.8, 4) is 0 Å². The van der Waals surface area contributed by atoms with Gasteiger partial charge in [-0.05, 0) is 12.7 Å². The largest absolute Gasteiger partial charge is 0.382 e. The second kappa shape index (κ2) is 4.81. The smallest absolute Gasteiger partial charge is 0.109 e. The molecule has 1 N–H and O–H groups in total. The van der Waals surface area contributed by atoms with Crippen LogP contribution in [0.3, 0.4) is 0 Å². The van der Waals surface area contributed by atoms with E-state index in [2.05, 4.69) is 0 Å². The van der Waals surface area contributed by atoms with Crippen molar-refractivity contribution < 1.29 is 5.11 Å². The Morgan fingerprint density at radius 3 is 2.43 bits per heavy atom. The molecular formula is C4H10OS2. The molecule has 0 aliphatic heterocycles. The van der Waals surface area contributed by atoms with E-state index in [-0.39, 0.29) is 5.44 Å². The van der Waals surface area contributed by atoms with Crippen molar-refractivity contribution in [2.24, 2.45) is 0 Å². The van der Waals surface area contributed by atoms with Gasteiger partial charge in [-0.25, -0.2) is 0 Å². The topological polar surface area (TPSA) is 20.2 Å². The third kappa shape index (κ3) is 4.51. The first kappa shape index (κ1) is 7.66. The summed E-state index contributed by atoms with van der Waals surface area (Å²) in [6.45, 7) is 1.97. The number of aliphatic hydroxyl groups is 1. The summed E-state index contributed by atoms with van der Waals surface area (Å²) in [5.41, 5.74) is -0.171. The minimum absolute atomic E-state index is 0.171. The number of hydrogen-bond acceptors (Lipinski definition) is 3. The van der Waals surface area contributed by atoms with Crippen LogP contribution in [0.5, 0.6) is 0 Å². The van der Waals surface area contributed by atoms with Crippen molar-refractivity contribution in [3.63, 3.8) is 0 Å². The van der Waals surface area contributed by atoms with Crippen molar-refractivity contribution >= 4 is 21.6 Å². The Kier molecular flexibility index (Phi) is 5.26. The van der Waals surface area contributed by atoms with Crippen LogP contribution in [0, 0.1) is 0 Å². The highest BCUT2D eigenvalue weighted by Gasteiger charge is 1.95. The molecule has 1 atom stereocenters. The van der Waals surface area contributed by atoms with E-state index in [0.717, 1.165) is 6.42 Å².